The molecule has 17 heteroatoms. The summed E-state index contributed by atoms with van der Waals surface area (Å²) < 4.78 is 74.2. The molecular formula is C42H55F2N5O9S. The summed E-state index contributed by atoms with van der Waals surface area (Å²) in [6.07, 6.45) is 6.00. The first-order valence-electron chi connectivity index (χ1n) is 20.7. The van der Waals surface area contributed by atoms with E-state index in [4.69, 9.17) is 19.2 Å². The van der Waals surface area contributed by atoms with Crippen LogP contribution < -0.4 is 24.2 Å². The number of likely N-dealkylation sites (tertiary alicyclic amines) is 1. The van der Waals surface area contributed by atoms with E-state index in [2.05, 4.69) is 10.0 Å². The molecule has 14 nitrogen and oxygen atoms in total. The molecule has 2 saturated carbocycles. The van der Waals surface area contributed by atoms with Crippen LogP contribution in [0, 0.1) is 18.3 Å². The molecule has 2 saturated heterocycles. The maximum Gasteiger partial charge on any atom is 0.318 e. The predicted octanol–water partition coefficient (Wildman–Crippen LogP) is 5.59. The maximum atomic E-state index is 14.7. The molecule has 0 radical (unpaired) electrons. The number of ether oxygens (including phenoxy) is 3. The smallest absolute Gasteiger partial charge is 0.318 e. The fourth-order valence-electron chi connectivity index (χ4n) is 8.59. The van der Waals surface area contributed by atoms with Crippen molar-refractivity contribution in [1.82, 2.24) is 24.8 Å². The zero-order chi connectivity index (χ0) is 42.5. The Morgan fingerprint density at radius 2 is 1.83 bits per heavy atom. The number of hydrogen-bond acceptors (Lipinski definition) is 10. The SMILES string of the molecule is COc1ccc2c(O[C@@H]3C[C@H]4C(=O)C[C@]5(C(=O)NS(=O)(=O)C6(C)CC6)C[C@H]5/C=C\CCCCC[C@H](NC(=O)N5CCC(F)(F)C5)C(=O)N4C3)cc(OC(C)C)nc2c1C. The largest absolute Gasteiger partial charge is 0.496 e. The number of fused-ring (bicyclic) bond motifs is 3. The third-order valence-electron chi connectivity index (χ3n) is 12.6. The van der Waals surface area contributed by atoms with Crippen molar-refractivity contribution < 1.29 is 50.6 Å². The number of urea groups is 1. The molecule has 4 fully saturated rings. The first kappa shape index (κ1) is 42.6. The Kier molecular flexibility index (Phi) is 11.7. The summed E-state index contributed by atoms with van der Waals surface area (Å²) in [5.74, 6) is -3.87. The molecule has 0 bridgehead atoms. The normalized spacial score (nSPS) is 28.5. The number of carbonyl (C=O) groups excluding carboxylic acids is 4. The number of hydrogen-bond donors (Lipinski definition) is 2. The molecule has 3 aliphatic heterocycles. The first-order valence-corrected chi connectivity index (χ1v) is 22.2. The van der Waals surface area contributed by atoms with Crippen LogP contribution in [0.2, 0.25) is 0 Å². The number of Topliss-reactive ketones (excluding diaryl/α,β-unsaturated/α-hetero) is 1. The number of pyridine rings is 1. The van der Waals surface area contributed by atoms with Crippen molar-refractivity contribution in [2.45, 2.75) is 133 Å². The number of rotatable bonds is 9. The third kappa shape index (κ3) is 8.85. The minimum Gasteiger partial charge on any atom is -0.496 e. The molecule has 5 aliphatic rings. The number of nitrogens with one attached hydrogen (secondary N) is 2. The number of carbonyl (C=O) groups is 4. The van der Waals surface area contributed by atoms with E-state index in [0.717, 1.165) is 16.9 Å². The number of amides is 4. The number of nitrogens with zero attached hydrogens (tertiary/aromatic N) is 3. The monoisotopic (exact) mass is 843 g/mol. The van der Waals surface area contributed by atoms with Gasteiger partial charge in [0.15, 0.2) is 5.78 Å². The molecule has 2 N–H and O–H groups in total. The highest BCUT2D eigenvalue weighted by Gasteiger charge is 2.62. The molecule has 2 aliphatic carbocycles. The number of benzene rings is 1. The highest BCUT2D eigenvalue weighted by atomic mass is 32.2. The molecule has 1 aromatic heterocycles. The van der Waals surface area contributed by atoms with Gasteiger partial charge in [-0.05, 0) is 84.3 Å². The number of sulfonamides is 1. The van der Waals surface area contributed by atoms with E-state index in [1.807, 2.05) is 32.9 Å². The number of aryl methyl sites for hydroxylation is 1. The molecule has 5 atom stereocenters. The van der Waals surface area contributed by atoms with E-state index in [1.54, 1.807) is 32.2 Å². The fourth-order valence-corrected chi connectivity index (χ4v) is 9.93. The number of ketones is 1. The molecule has 322 valence electrons. The number of halogens is 2. The van der Waals surface area contributed by atoms with Gasteiger partial charge in [0.25, 0.3) is 5.92 Å². The number of methoxy groups -OCH3 is 1. The summed E-state index contributed by atoms with van der Waals surface area (Å²) in [7, 11) is -2.44. The van der Waals surface area contributed by atoms with E-state index in [9.17, 15) is 36.4 Å². The average molecular weight is 844 g/mol. The van der Waals surface area contributed by atoms with Gasteiger partial charge in [0, 0.05) is 42.8 Å². The highest BCUT2D eigenvalue weighted by molar-refractivity contribution is 7.91. The summed E-state index contributed by atoms with van der Waals surface area (Å²) in [6, 6.07) is 2.22. The number of aromatic nitrogens is 1. The molecule has 2 aromatic rings. The Morgan fingerprint density at radius 1 is 1.07 bits per heavy atom. The summed E-state index contributed by atoms with van der Waals surface area (Å²) in [5, 5.41) is 3.36. The van der Waals surface area contributed by atoms with Gasteiger partial charge in [-0.15, -0.1) is 0 Å². The van der Waals surface area contributed by atoms with Crippen LogP contribution in [0.1, 0.15) is 97.0 Å². The maximum absolute atomic E-state index is 14.7. The van der Waals surface area contributed by atoms with Crippen molar-refractivity contribution in [3.8, 4) is 17.4 Å². The molecule has 1 aromatic carbocycles. The van der Waals surface area contributed by atoms with E-state index in [-0.39, 0.29) is 50.8 Å². The minimum absolute atomic E-state index is 0.0253. The van der Waals surface area contributed by atoms with E-state index < -0.39 is 80.9 Å². The minimum atomic E-state index is -4.00. The number of allylic oxidation sites excluding steroid dienone is 2. The van der Waals surface area contributed by atoms with E-state index in [1.165, 1.54) is 4.90 Å². The van der Waals surface area contributed by atoms with Gasteiger partial charge in [0.05, 0.1) is 48.0 Å². The van der Waals surface area contributed by atoms with Gasteiger partial charge >= 0.3 is 6.03 Å². The van der Waals surface area contributed by atoms with Gasteiger partial charge in [-0.1, -0.05) is 25.0 Å². The van der Waals surface area contributed by atoms with Gasteiger partial charge in [0.2, 0.25) is 27.7 Å². The Morgan fingerprint density at radius 3 is 2.51 bits per heavy atom. The van der Waals surface area contributed by atoms with Gasteiger partial charge in [-0.3, -0.25) is 19.1 Å². The van der Waals surface area contributed by atoms with Crippen molar-refractivity contribution in [2.75, 3.05) is 26.7 Å². The molecule has 4 heterocycles. The van der Waals surface area contributed by atoms with Crippen LogP contribution in [0.15, 0.2) is 30.4 Å². The lowest BCUT2D eigenvalue weighted by Crippen LogP contribution is -2.54. The summed E-state index contributed by atoms with van der Waals surface area (Å²) in [5.41, 5.74) is -0.0179. The zero-order valence-electron chi connectivity index (χ0n) is 34.4. The number of alkyl halides is 2. The molecule has 0 spiro atoms. The quantitative estimate of drug-likeness (QED) is 0.303. The van der Waals surface area contributed by atoms with Gasteiger partial charge in [-0.25, -0.2) is 27.0 Å². The second kappa shape index (κ2) is 16.1. The molecule has 4 amide bonds. The van der Waals surface area contributed by atoms with Crippen molar-refractivity contribution in [3.05, 3.63) is 35.9 Å². The van der Waals surface area contributed by atoms with E-state index in [0.29, 0.717) is 60.4 Å². The second-order valence-electron chi connectivity index (χ2n) is 17.5. The third-order valence-corrected chi connectivity index (χ3v) is 14.8. The molecule has 0 unspecified atom stereocenters. The Labute approximate surface area is 343 Å². The molecular weight excluding hydrogens is 789 g/mol. The van der Waals surface area contributed by atoms with Gasteiger partial charge in [-0.2, -0.15) is 0 Å². The van der Waals surface area contributed by atoms with Crippen LogP contribution in [0.4, 0.5) is 13.6 Å². The Hall–Kier alpha value is -4.54. The average Bonchev–Trinajstić information content (AvgIpc) is 3.99. The van der Waals surface area contributed by atoms with Crippen LogP contribution in [0.3, 0.4) is 0 Å². The molecule has 59 heavy (non-hydrogen) atoms. The summed E-state index contributed by atoms with van der Waals surface area (Å²) in [6.45, 7) is 6.17. The highest BCUT2D eigenvalue weighted by Crippen LogP contribution is 2.57. The summed E-state index contributed by atoms with van der Waals surface area (Å²) in [4.78, 5) is 63.9. The Bertz CT molecular complexity index is 2140. The van der Waals surface area contributed by atoms with Crippen molar-refractivity contribution in [3.63, 3.8) is 0 Å². The predicted molar refractivity (Wildman–Crippen MR) is 214 cm³/mol. The van der Waals surface area contributed by atoms with Crippen molar-refractivity contribution >= 4 is 44.6 Å². The first-order chi connectivity index (χ1) is 27.8. The topological polar surface area (TPSA) is 174 Å². The zero-order valence-corrected chi connectivity index (χ0v) is 35.2. The lowest BCUT2D eigenvalue weighted by molar-refractivity contribution is -0.140. The van der Waals surface area contributed by atoms with Crippen LogP contribution in [-0.2, 0) is 24.4 Å². The second-order valence-corrected chi connectivity index (χ2v) is 19.7. The van der Waals surface area contributed by atoms with Crippen molar-refractivity contribution in [1.29, 1.82) is 0 Å². The fraction of sp³-hybridized carbons (Fsp3) is 0.643. The lowest BCUT2D eigenvalue weighted by Gasteiger charge is -2.30. The van der Waals surface area contributed by atoms with E-state index >= 15 is 0 Å². The standard InChI is InChI=1S/C42H55F2N5O9S/c1-25(2)57-35-20-34(29-13-14-33(56-5)26(3)36(29)46-35)58-28-19-31-32(50)22-41(38(52)47-59(54,55)40(4)15-16-40)21-27(41)11-9-7-6-8-10-12-30(37(51)49(31)23-28)45-39(53)48-18-17-42(43,44)24-48/h9,11,13-14,20,25,27-28,30-31H,6-8,10,12,15-19,21-24H2,1-5H3,(H,45,53)(H,47,52)/b11-9-/t27-,28-,30+,31+,41-/m1/s1. The van der Waals surface area contributed by atoms with Crippen LogP contribution >= 0.6 is 0 Å². The lowest BCUT2D eigenvalue weighted by atomic mass is 9.91. The van der Waals surface area contributed by atoms with Crippen LogP contribution in [0.25, 0.3) is 10.9 Å². The Balaban J connectivity index is 1.22. The summed E-state index contributed by atoms with van der Waals surface area (Å²) >= 11 is 0. The van der Waals surface area contributed by atoms with Crippen LogP contribution in [0.5, 0.6) is 17.4 Å². The van der Waals surface area contributed by atoms with Crippen molar-refractivity contribution in [2.24, 2.45) is 11.3 Å². The van der Waals surface area contributed by atoms with Gasteiger partial charge in [0.1, 0.15) is 23.6 Å². The van der Waals surface area contributed by atoms with Crippen LogP contribution in [-0.4, -0.2) is 109 Å². The molecule has 7 rings (SSSR count). The van der Waals surface area contributed by atoms with Gasteiger partial charge < -0.3 is 29.3 Å².